The molecule has 1 amide bonds. The van der Waals surface area contributed by atoms with Crippen molar-refractivity contribution in [3.8, 4) is 0 Å². The molecule has 7 nitrogen and oxygen atoms in total. The highest BCUT2D eigenvalue weighted by atomic mass is 79.9. The van der Waals surface area contributed by atoms with Gasteiger partial charge in [-0.15, -0.1) is 0 Å². The van der Waals surface area contributed by atoms with Crippen LogP contribution >= 0.6 is 27.5 Å². The van der Waals surface area contributed by atoms with Crippen molar-refractivity contribution in [3.05, 3.63) is 63.1 Å². The van der Waals surface area contributed by atoms with Crippen LogP contribution in [0.4, 0.5) is 0 Å². The third-order valence-electron chi connectivity index (χ3n) is 3.77. The Morgan fingerprint density at radius 3 is 2.46 bits per heavy atom. The second-order valence-corrected chi connectivity index (χ2v) is 8.79. The maximum absolute atomic E-state index is 12.2. The van der Waals surface area contributed by atoms with Crippen LogP contribution < -0.4 is 10.5 Å². The lowest BCUT2D eigenvalue weighted by molar-refractivity contribution is -0.129. The normalized spacial score (nSPS) is 12.3. The van der Waals surface area contributed by atoms with E-state index in [-0.39, 0.29) is 22.0 Å². The van der Waals surface area contributed by atoms with Gasteiger partial charge in [0.15, 0.2) is 6.10 Å². The SMILES string of the molecule is CC(OC(=O)c1cc(Br)ccc1Cl)C(=O)NCCc1ccc(S(N)(=O)=O)cc1. The molecule has 0 spiro atoms. The zero-order valence-corrected chi connectivity index (χ0v) is 18.0. The van der Waals surface area contributed by atoms with Gasteiger partial charge in [-0.2, -0.15) is 0 Å². The maximum atomic E-state index is 12.2. The van der Waals surface area contributed by atoms with Crippen LogP contribution in [0.1, 0.15) is 22.8 Å². The minimum Gasteiger partial charge on any atom is -0.449 e. The van der Waals surface area contributed by atoms with Gasteiger partial charge in [-0.25, -0.2) is 18.4 Å². The summed E-state index contributed by atoms with van der Waals surface area (Å²) in [6, 6.07) is 10.8. The van der Waals surface area contributed by atoms with E-state index in [0.717, 1.165) is 5.56 Å². The number of primary sulfonamides is 1. The third-order valence-corrected chi connectivity index (χ3v) is 5.52. The molecule has 0 fully saturated rings. The van der Waals surface area contributed by atoms with Crippen LogP contribution in [0.5, 0.6) is 0 Å². The summed E-state index contributed by atoms with van der Waals surface area (Å²) >= 11 is 9.22. The first-order valence-corrected chi connectivity index (χ1v) is 10.8. The molecule has 1 atom stereocenters. The molecule has 0 aliphatic rings. The van der Waals surface area contributed by atoms with Crippen LogP contribution in [-0.4, -0.2) is 32.9 Å². The number of hydrogen-bond donors (Lipinski definition) is 2. The monoisotopic (exact) mass is 488 g/mol. The van der Waals surface area contributed by atoms with E-state index in [4.69, 9.17) is 21.5 Å². The van der Waals surface area contributed by atoms with Crippen LogP contribution in [0, 0.1) is 0 Å². The number of amides is 1. The van der Waals surface area contributed by atoms with Crippen molar-refractivity contribution in [2.75, 3.05) is 6.54 Å². The van der Waals surface area contributed by atoms with Crippen molar-refractivity contribution in [2.24, 2.45) is 5.14 Å². The van der Waals surface area contributed by atoms with E-state index in [1.54, 1.807) is 24.3 Å². The first-order chi connectivity index (χ1) is 13.1. The topological polar surface area (TPSA) is 116 Å². The molecule has 0 saturated heterocycles. The second kappa shape index (κ2) is 9.51. The number of carbonyl (C=O) groups excluding carboxylic acids is 2. The first kappa shape index (κ1) is 22.4. The summed E-state index contributed by atoms with van der Waals surface area (Å²) in [5.74, 6) is -1.16. The number of carbonyl (C=O) groups is 2. The van der Waals surface area contributed by atoms with Crippen LogP contribution in [0.25, 0.3) is 0 Å². The Kier molecular flexibility index (Phi) is 7.59. The van der Waals surface area contributed by atoms with Crippen molar-refractivity contribution >= 4 is 49.4 Å². The average Bonchev–Trinajstić information content (AvgIpc) is 2.63. The standard InChI is InChI=1S/C18H18BrClN2O5S/c1-11(27-18(24)15-10-13(19)4-7-16(15)20)17(23)22-9-8-12-2-5-14(6-3-12)28(21,25)26/h2-7,10-11H,8-9H2,1H3,(H,22,23)(H2,21,25,26). The molecule has 1 unspecified atom stereocenters. The van der Waals surface area contributed by atoms with Gasteiger partial charge in [0.1, 0.15) is 0 Å². The van der Waals surface area contributed by atoms with E-state index in [1.807, 2.05) is 0 Å². The third kappa shape index (κ3) is 6.30. The molecular formula is C18H18BrClN2O5S. The molecule has 28 heavy (non-hydrogen) atoms. The minimum atomic E-state index is -3.74. The number of benzene rings is 2. The van der Waals surface area contributed by atoms with E-state index in [9.17, 15) is 18.0 Å². The first-order valence-electron chi connectivity index (χ1n) is 8.13. The number of halogens is 2. The highest BCUT2D eigenvalue weighted by Crippen LogP contribution is 2.22. The van der Waals surface area contributed by atoms with Gasteiger partial charge in [0.25, 0.3) is 5.91 Å². The van der Waals surface area contributed by atoms with E-state index < -0.39 is 28.0 Å². The number of sulfonamides is 1. The van der Waals surface area contributed by atoms with Gasteiger partial charge in [-0.3, -0.25) is 4.79 Å². The lowest BCUT2D eigenvalue weighted by Crippen LogP contribution is -2.37. The van der Waals surface area contributed by atoms with E-state index in [2.05, 4.69) is 21.2 Å². The van der Waals surface area contributed by atoms with E-state index in [0.29, 0.717) is 10.9 Å². The molecule has 2 aromatic carbocycles. The molecule has 0 bridgehead atoms. The summed E-state index contributed by atoms with van der Waals surface area (Å²) in [7, 11) is -3.74. The molecule has 2 rings (SSSR count). The van der Waals surface area contributed by atoms with Crippen LogP contribution in [-0.2, 0) is 26.0 Å². The zero-order valence-electron chi connectivity index (χ0n) is 14.8. The number of rotatable bonds is 7. The van der Waals surface area contributed by atoms with Gasteiger partial charge in [-0.1, -0.05) is 39.7 Å². The molecule has 0 heterocycles. The van der Waals surface area contributed by atoms with E-state index in [1.165, 1.54) is 25.1 Å². The molecule has 2 aromatic rings. The smallest absolute Gasteiger partial charge is 0.340 e. The summed E-state index contributed by atoms with van der Waals surface area (Å²) in [5, 5.41) is 7.93. The molecule has 3 N–H and O–H groups in total. The van der Waals surface area contributed by atoms with Crippen molar-refractivity contribution < 1.29 is 22.7 Å². The summed E-state index contributed by atoms with van der Waals surface area (Å²) in [6.45, 7) is 1.74. The largest absolute Gasteiger partial charge is 0.449 e. The summed E-state index contributed by atoms with van der Waals surface area (Å²) in [4.78, 5) is 24.3. The zero-order chi connectivity index (χ0) is 20.9. The lowest BCUT2D eigenvalue weighted by Gasteiger charge is -2.14. The molecule has 0 aromatic heterocycles. The number of nitrogens with two attached hydrogens (primary N) is 1. The number of ether oxygens (including phenoxy) is 1. The van der Waals surface area contributed by atoms with Gasteiger partial charge in [-0.05, 0) is 49.2 Å². The quantitative estimate of drug-likeness (QED) is 0.580. The van der Waals surface area contributed by atoms with Gasteiger partial charge < -0.3 is 10.1 Å². The van der Waals surface area contributed by atoms with Gasteiger partial charge in [0.05, 0.1) is 15.5 Å². The van der Waals surface area contributed by atoms with Gasteiger partial charge >= 0.3 is 5.97 Å². The predicted molar refractivity (Wildman–Crippen MR) is 109 cm³/mol. The maximum Gasteiger partial charge on any atom is 0.340 e. The number of nitrogens with one attached hydrogen (secondary N) is 1. The summed E-state index contributed by atoms with van der Waals surface area (Å²) < 4.78 is 28.3. The fourth-order valence-electron chi connectivity index (χ4n) is 2.25. The fourth-order valence-corrected chi connectivity index (χ4v) is 3.32. The van der Waals surface area contributed by atoms with Crippen LogP contribution in [0.3, 0.4) is 0 Å². The molecule has 0 aliphatic heterocycles. The molecule has 0 radical (unpaired) electrons. The minimum absolute atomic E-state index is 0.0204. The molecular weight excluding hydrogens is 472 g/mol. The van der Waals surface area contributed by atoms with Gasteiger partial charge in [0.2, 0.25) is 10.0 Å². The van der Waals surface area contributed by atoms with Crippen molar-refractivity contribution in [3.63, 3.8) is 0 Å². The van der Waals surface area contributed by atoms with Crippen molar-refractivity contribution in [2.45, 2.75) is 24.3 Å². The Labute approximate surface area is 176 Å². The molecule has 10 heteroatoms. The molecule has 150 valence electrons. The average molecular weight is 490 g/mol. The second-order valence-electron chi connectivity index (χ2n) is 5.90. The summed E-state index contributed by atoms with van der Waals surface area (Å²) in [5.41, 5.74) is 0.976. The van der Waals surface area contributed by atoms with Crippen molar-refractivity contribution in [1.82, 2.24) is 5.32 Å². The Bertz CT molecular complexity index is 980. The van der Waals surface area contributed by atoms with Crippen molar-refractivity contribution in [1.29, 1.82) is 0 Å². The Morgan fingerprint density at radius 2 is 1.86 bits per heavy atom. The fraction of sp³-hybridized carbons (Fsp3) is 0.222. The highest BCUT2D eigenvalue weighted by Gasteiger charge is 2.20. The number of hydrogen-bond acceptors (Lipinski definition) is 5. The Hall–Kier alpha value is -1.94. The highest BCUT2D eigenvalue weighted by molar-refractivity contribution is 9.10. The van der Waals surface area contributed by atoms with Crippen LogP contribution in [0.15, 0.2) is 51.8 Å². The Morgan fingerprint density at radius 1 is 1.21 bits per heavy atom. The predicted octanol–water partition coefficient (Wildman–Crippen LogP) is 2.65. The molecule has 0 aliphatic carbocycles. The number of esters is 1. The Balaban J connectivity index is 1.85. The van der Waals surface area contributed by atoms with E-state index >= 15 is 0 Å². The summed E-state index contributed by atoms with van der Waals surface area (Å²) in [6.07, 6.45) is -0.540. The van der Waals surface area contributed by atoms with Crippen LogP contribution in [0.2, 0.25) is 5.02 Å². The molecule has 0 saturated carbocycles. The van der Waals surface area contributed by atoms with Gasteiger partial charge in [0, 0.05) is 11.0 Å². The lowest BCUT2D eigenvalue weighted by atomic mass is 10.1.